The minimum absolute atomic E-state index is 0.146. The second kappa shape index (κ2) is 11.0. The Hall–Kier alpha value is -4.39. The van der Waals surface area contributed by atoms with Crippen molar-refractivity contribution in [3.8, 4) is 5.75 Å². The molecule has 0 spiro atoms. The van der Waals surface area contributed by atoms with Crippen LogP contribution >= 0.6 is 0 Å². The molecule has 6 rings (SSSR count). The van der Waals surface area contributed by atoms with Crippen molar-refractivity contribution in [2.75, 3.05) is 6.54 Å². The number of carbonyl (C=O) groups excluding carboxylic acids is 2. The molecule has 1 unspecified atom stereocenters. The summed E-state index contributed by atoms with van der Waals surface area (Å²) < 4.78 is 25.2. The van der Waals surface area contributed by atoms with Crippen LogP contribution in [-0.2, 0) is 24.4 Å². The lowest BCUT2D eigenvalue weighted by Gasteiger charge is -2.38. The summed E-state index contributed by atoms with van der Waals surface area (Å²) in [7, 11) is 0. The van der Waals surface area contributed by atoms with Crippen LogP contribution in [0.15, 0.2) is 83.3 Å². The average molecular weight is 539 g/mol. The molecule has 4 aromatic rings. The summed E-state index contributed by atoms with van der Waals surface area (Å²) in [5.74, 6) is 0.993. The molecule has 1 fully saturated rings. The van der Waals surface area contributed by atoms with Gasteiger partial charge in [-0.05, 0) is 84.8 Å². The predicted molar refractivity (Wildman–Crippen MR) is 148 cm³/mol. The van der Waals surface area contributed by atoms with Gasteiger partial charge in [-0.3, -0.25) is 9.59 Å². The molecule has 1 N–H and O–H groups in total. The zero-order valence-corrected chi connectivity index (χ0v) is 22.4. The summed E-state index contributed by atoms with van der Waals surface area (Å²) in [4.78, 5) is 27.8. The van der Waals surface area contributed by atoms with Crippen LogP contribution in [0.25, 0.3) is 0 Å². The minimum atomic E-state index is -0.384. The van der Waals surface area contributed by atoms with E-state index >= 15 is 0 Å². The highest BCUT2D eigenvalue weighted by molar-refractivity contribution is 5.91. The van der Waals surface area contributed by atoms with Gasteiger partial charge in [-0.25, -0.2) is 4.39 Å². The van der Waals surface area contributed by atoms with Crippen molar-refractivity contribution >= 4 is 11.8 Å². The van der Waals surface area contributed by atoms with E-state index in [-0.39, 0.29) is 48.5 Å². The number of nitrogens with one attached hydrogen (secondary N) is 1. The zero-order chi connectivity index (χ0) is 27.6. The van der Waals surface area contributed by atoms with Crippen LogP contribution in [0, 0.1) is 18.7 Å². The van der Waals surface area contributed by atoms with Gasteiger partial charge in [0.05, 0.1) is 6.04 Å². The second-order valence-corrected chi connectivity index (χ2v) is 10.6. The maximum absolute atomic E-state index is 13.4. The number of furan rings is 1. The molecule has 204 valence electrons. The SMILES string of the molecule is Cc1ccc(C2c3cc(OCc4ccc(C(=O)NCc5cccc(F)c5)o4)ccc3CCN2C(=O)C2CC2)cc1. The van der Waals surface area contributed by atoms with E-state index in [4.69, 9.17) is 9.15 Å². The summed E-state index contributed by atoms with van der Waals surface area (Å²) in [5.41, 5.74) is 5.23. The first-order valence-electron chi connectivity index (χ1n) is 13.7. The van der Waals surface area contributed by atoms with Gasteiger partial charge in [0.25, 0.3) is 5.91 Å². The molecule has 40 heavy (non-hydrogen) atoms. The molecule has 7 heteroatoms. The van der Waals surface area contributed by atoms with E-state index < -0.39 is 0 Å². The van der Waals surface area contributed by atoms with Gasteiger partial charge in [0, 0.05) is 19.0 Å². The summed E-state index contributed by atoms with van der Waals surface area (Å²) in [6, 6.07) is 23.7. The molecular formula is C33H31FN2O4. The molecule has 2 aliphatic rings. The van der Waals surface area contributed by atoms with E-state index in [1.165, 1.54) is 23.3 Å². The van der Waals surface area contributed by atoms with Crippen molar-refractivity contribution in [1.82, 2.24) is 10.2 Å². The predicted octanol–water partition coefficient (Wildman–Crippen LogP) is 6.12. The normalized spacial score (nSPS) is 16.4. The van der Waals surface area contributed by atoms with Gasteiger partial charge in [-0.2, -0.15) is 0 Å². The van der Waals surface area contributed by atoms with E-state index in [2.05, 4.69) is 42.6 Å². The Morgan fingerprint density at radius 3 is 2.62 bits per heavy atom. The van der Waals surface area contributed by atoms with Crippen molar-refractivity contribution < 1.29 is 23.1 Å². The van der Waals surface area contributed by atoms with E-state index in [9.17, 15) is 14.0 Å². The van der Waals surface area contributed by atoms with Gasteiger partial charge in [-0.15, -0.1) is 0 Å². The van der Waals surface area contributed by atoms with Gasteiger partial charge in [0.1, 0.15) is 23.9 Å². The van der Waals surface area contributed by atoms with E-state index in [0.29, 0.717) is 23.6 Å². The van der Waals surface area contributed by atoms with E-state index in [0.717, 1.165) is 30.4 Å². The Kier molecular flexibility index (Phi) is 7.11. The molecule has 2 amide bonds. The third kappa shape index (κ3) is 5.64. The van der Waals surface area contributed by atoms with Gasteiger partial charge in [0.15, 0.2) is 5.76 Å². The number of halogens is 1. The molecule has 0 bridgehead atoms. The van der Waals surface area contributed by atoms with Crippen molar-refractivity contribution in [3.05, 3.63) is 124 Å². The monoisotopic (exact) mass is 538 g/mol. The fourth-order valence-corrected chi connectivity index (χ4v) is 5.24. The third-order valence-corrected chi connectivity index (χ3v) is 7.56. The van der Waals surface area contributed by atoms with Crippen molar-refractivity contribution in [2.45, 2.75) is 45.4 Å². The second-order valence-electron chi connectivity index (χ2n) is 10.6. The molecule has 0 saturated heterocycles. The molecular weight excluding hydrogens is 507 g/mol. The molecule has 1 aromatic heterocycles. The standard InChI is InChI=1S/C33H31FN2O4/c1-21-5-7-24(8-6-21)31-29-18-27(12-11-23(29)15-16-36(31)33(38)25-9-10-25)39-20-28-13-14-30(40-28)32(37)35-19-22-3-2-4-26(34)17-22/h2-8,11-14,17-18,25,31H,9-10,15-16,19-20H2,1H3,(H,35,37). The van der Waals surface area contributed by atoms with Crippen LogP contribution in [0.2, 0.25) is 0 Å². The van der Waals surface area contributed by atoms with Gasteiger partial charge in [0.2, 0.25) is 5.91 Å². The number of carbonyl (C=O) groups is 2. The molecule has 0 radical (unpaired) electrons. The van der Waals surface area contributed by atoms with Crippen LogP contribution in [0.4, 0.5) is 4.39 Å². The van der Waals surface area contributed by atoms with Crippen LogP contribution in [0.1, 0.15) is 63.0 Å². The number of aryl methyl sites for hydroxylation is 1. The van der Waals surface area contributed by atoms with E-state index in [1.807, 2.05) is 17.0 Å². The average Bonchev–Trinajstić information content (AvgIpc) is 3.71. The zero-order valence-electron chi connectivity index (χ0n) is 22.4. The fraction of sp³-hybridized carbons (Fsp3) is 0.273. The number of fused-ring (bicyclic) bond motifs is 1. The molecule has 2 heterocycles. The molecule has 1 aliphatic carbocycles. The van der Waals surface area contributed by atoms with Crippen LogP contribution in [0.5, 0.6) is 5.75 Å². The Bertz CT molecular complexity index is 1540. The van der Waals surface area contributed by atoms with Crippen molar-refractivity contribution in [1.29, 1.82) is 0 Å². The summed E-state index contributed by atoms with van der Waals surface area (Å²) >= 11 is 0. The lowest BCUT2D eigenvalue weighted by Crippen LogP contribution is -2.41. The third-order valence-electron chi connectivity index (χ3n) is 7.56. The van der Waals surface area contributed by atoms with Crippen molar-refractivity contribution in [2.24, 2.45) is 5.92 Å². The number of hydrogen-bond donors (Lipinski definition) is 1. The van der Waals surface area contributed by atoms with E-state index in [1.54, 1.807) is 24.3 Å². The summed E-state index contributed by atoms with van der Waals surface area (Å²) in [5, 5.41) is 2.74. The number of hydrogen-bond acceptors (Lipinski definition) is 4. The maximum atomic E-state index is 13.4. The molecule has 1 atom stereocenters. The largest absolute Gasteiger partial charge is 0.486 e. The van der Waals surface area contributed by atoms with Gasteiger partial charge >= 0.3 is 0 Å². The lowest BCUT2D eigenvalue weighted by atomic mass is 9.87. The molecule has 1 saturated carbocycles. The van der Waals surface area contributed by atoms with Crippen LogP contribution in [-0.4, -0.2) is 23.3 Å². The Morgan fingerprint density at radius 1 is 1.02 bits per heavy atom. The van der Waals surface area contributed by atoms with Crippen LogP contribution < -0.4 is 10.1 Å². The first-order chi connectivity index (χ1) is 19.4. The highest BCUT2D eigenvalue weighted by Crippen LogP contribution is 2.41. The summed E-state index contributed by atoms with van der Waals surface area (Å²) in [6.07, 6.45) is 2.75. The maximum Gasteiger partial charge on any atom is 0.287 e. The number of amides is 2. The first-order valence-corrected chi connectivity index (χ1v) is 13.7. The number of nitrogens with zero attached hydrogens (tertiary/aromatic N) is 1. The van der Waals surface area contributed by atoms with Gasteiger partial charge < -0.3 is 19.4 Å². The Balaban J connectivity index is 1.16. The lowest BCUT2D eigenvalue weighted by molar-refractivity contribution is -0.134. The number of rotatable bonds is 8. The van der Waals surface area contributed by atoms with Gasteiger partial charge in [-0.1, -0.05) is 48.0 Å². The smallest absolute Gasteiger partial charge is 0.287 e. The Morgan fingerprint density at radius 2 is 1.85 bits per heavy atom. The fourth-order valence-electron chi connectivity index (χ4n) is 5.24. The molecule has 3 aromatic carbocycles. The first kappa shape index (κ1) is 25.9. The molecule has 1 aliphatic heterocycles. The van der Waals surface area contributed by atoms with Crippen LogP contribution in [0.3, 0.4) is 0 Å². The quantitative estimate of drug-likeness (QED) is 0.293. The highest BCUT2D eigenvalue weighted by Gasteiger charge is 2.39. The number of ether oxygens (including phenoxy) is 1. The highest BCUT2D eigenvalue weighted by atomic mass is 19.1. The summed E-state index contributed by atoms with van der Waals surface area (Å²) in [6.45, 7) is 3.11. The Labute approximate surface area is 232 Å². The topological polar surface area (TPSA) is 71.8 Å². The molecule has 6 nitrogen and oxygen atoms in total. The number of benzene rings is 3. The van der Waals surface area contributed by atoms with Crippen molar-refractivity contribution in [3.63, 3.8) is 0 Å². The minimum Gasteiger partial charge on any atom is -0.486 e.